The van der Waals surface area contributed by atoms with Crippen molar-refractivity contribution in [2.24, 2.45) is 0 Å². The van der Waals surface area contributed by atoms with Gasteiger partial charge in [0.25, 0.3) is 0 Å². The molecule has 5 aromatic rings. The quantitative estimate of drug-likeness (QED) is 0.116. The Labute approximate surface area is 297 Å². The molecule has 0 aromatic heterocycles. The number of nitriles is 1. The van der Waals surface area contributed by atoms with Gasteiger partial charge in [0, 0.05) is 16.4 Å². The molecule has 0 spiro atoms. The van der Waals surface area contributed by atoms with Gasteiger partial charge in [-0.15, -0.1) is 0 Å². The van der Waals surface area contributed by atoms with E-state index in [9.17, 15) is 5.26 Å². The molecule has 5 aromatic carbocycles. The van der Waals surface area contributed by atoms with E-state index in [0.717, 1.165) is 32.6 Å². The lowest BCUT2D eigenvalue weighted by Gasteiger charge is -2.46. The van der Waals surface area contributed by atoms with Crippen LogP contribution in [0, 0.1) is 11.0 Å². The fourth-order valence-corrected chi connectivity index (χ4v) is 15.8. The van der Waals surface area contributed by atoms with Gasteiger partial charge in [-0.05, 0) is 37.9 Å². The van der Waals surface area contributed by atoms with Crippen LogP contribution in [0.25, 0.3) is 0 Å². The highest BCUT2D eigenvalue weighted by atomic mass is 28.3. The average Bonchev–Trinajstić information content (AvgIpc) is 3.09. The topological polar surface area (TPSA) is 42.2 Å². The molecule has 0 aliphatic carbocycles. The lowest BCUT2D eigenvalue weighted by molar-refractivity contribution is 0.349. The summed E-state index contributed by atoms with van der Waals surface area (Å²) in [6.45, 7) is 18.5. The smallest absolute Gasteiger partial charge is 0.243 e. The van der Waals surface area contributed by atoms with E-state index in [1.807, 2.05) is 6.07 Å². The van der Waals surface area contributed by atoms with Crippen molar-refractivity contribution >= 4 is 32.4 Å². The maximum atomic E-state index is 11.7. The van der Waals surface area contributed by atoms with Crippen LogP contribution < -0.4 is 25.0 Å². The molecule has 0 aliphatic heterocycles. The highest BCUT2D eigenvalue weighted by Gasteiger charge is 2.56. The minimum atomic E-state index is -3.24. The normalized spacial score (nSPS) is 13.4. The molecule has 0 bridgehead atoms. The number of benzene rings is 5. The van der Waals surface area contributed by atoms with E-state index >= 15 is 0 Å². The largest absolute Gasteiger partial charge is 0.493 e. The third-order valence-electron chi connectivity index (χ3n) is 10.1. The fraction of sp³-hybridized carbons (Fsp3) is 0.295. The Morgan fingerprint density at radius 2 is 0.959 bits per heavy atom. The van der Waals surface area contributed by atoms with Gasteiger partial charge in [0.05, 0.1) is 28.4 Å². The number of methoxy groups -OCH3 is 2. The van der Waals surface area contributed by atoms with Crippen molar-refractivity contribution in [3.8, 4) is 17.2 Å². The van der Waals surface area contributed by atoms with Crippen molar-refractivity contribution in [1.29, 1.82) is 5.26 Å². The Balaban J connectivity index is 2.22. The van der Waals surface area contributed by atoms with Crippen LogP contribution in [0.4, 0.5) is 0 Å². The van der Waals surface area contributed by atoms with Crippen molar-refractivity contribution < 1.29 is 9.47 Å². The van der Waals surface area contributed by atoms with E-state index in [4.69, 9.17) is 9.47 Å². The molecule has 0 amide bonds. The number of ether oxygens (including phenoxy) is 2. The Morgan fingerprint density at radius 3 is 1.27 bits per heavy atom. The van der Waals surface area contributed by atoms with Crippen LogP contribution in [0.1, 0.15) is 69.4 Å². The standard InChI is InChI=1S/C44H51NO2Si2/c1-42(2,3)37-36(44(32-23-15-11-16-24-32,33-25-17-12-18-26-33)34-27-19-13-20-28-34)38(46-7)39(47-8)41(40(37)48(9)10)49(31-45,43(4,5)6)35-29-21-14-22-30-35/h11-30,48H,1-10H3. The predicted octanol–water partition coefficient (Wildman–Crippen LogP) is 8.50. The van der Waals surface area contributed by atoms with Crippen molar-refractivity contribution in [3.05, 3.63) is 149 Å². The number of rotatable bonds is 9. The maximum absolute atomic E-state index is 11.7. The van der Waals surface area contributed by atoms with E-state index in [1.54, 1.807) is 14.2 Å². The molecule has 3 nitrogen and oxygen atoms in total. The van der Waals surface area contributed by atoms with E-state index in [-0.39, 0.29) is 10.5 Å². The van der Waals surface area contributed by atoms with Crippen LogP contribution in [0.5, 0.6) is 11.5 Å². The van der Waals surface area contributed by atoms with E-state index in [1.165, 1.54) is 10.8 Å². The summed E-state index contributed by atoms with van der Waals surface area (Å²) in [5.41, 5.74) is 7.74. The molecule has 5 rings (SSSR count). The minimum absolute atomic E-state index is 0.329. The molecule has 0 radical (unpaired) electrons. The Morgan fingerprint density at radius 1 is 0.571 bits per heavy atom. The zero-order valence-corrected chi connectivity index (χ0v) is 33.0. The van der Waals surface area contributed by atoms with Crippen molar-refractivity contribution in [3.63, 3.8) is 0 Å². The third-order valence-corrected chi connectivity index (χ3v) is 17.1. The van der Waals surface area contributed by atoms with Crippen molar-refractivity contribution in [2.75, 3.05) is 14.2 Å². The summed E-state index contributed by atoms with van der Waals surface area (Å²) >= 11 is 0. The van der Waals surface area contributed by atoms with Crippen LogP contribution in [0.2, 0.25) is 18.1 Å². The number of hydrogen-bond donors (Lipinski definition) is 0. The molecule has 0 N–H and O–H groups in total. The van der Waals surface area contributed by atoms with Gasteiger partial charge in [-0.2, -0.15) is 0 Å². The summed E-state index contributed by atoms with van der Waals surface area (Å²) in [4.78, 5) is 0. The first kappa shape index (κ1) is 35.9. The summed E-state index contributed by atoms with van der Waals surface area (Å²) in [5, 5.41) is 14.8. The van der Waals surface area contributed by atoms with E-state index in [2.05, 4.69) is 176 Å². The Hall–Kier alpha value is -4.38. The van der Waals surface area contributed by atoms with Gasteiger partial charge in [0.1, 0.15) is 0 Å². The second kappa shape index (κ2) is 13.9. The van der Waals surface area contributed by atoms with Crippen LogP contribution in [0.15, 0.2) is 121 Å². The van der Waals surface area contributed by atoms with Crippen LogP contribution >= 0.6 is 0 Å². The minimum Gasteiger partial charge on any atom is -0.493 e. The van der Waals surface area contributed by atoms with Crippen molar-refractivity contribution in [2.45, 2.75) is 70.5 Å². The summed E-state index contributed by atoms with van der Waals surface area (Å²) in [6.07, 6.45) is 0. The van der Waals surface area contributed by atoms with Gasteiger partial charge < -0.3 is 9.47 Å². The monoisotopic (exact) mass is 681 g/mol. The molecule has 0 fully saturated rings. The molecule has 1 atom stereocenters. The van der Waals surface area contributed by atoms with Gasteiger partial charge in [-0.25, -0.2) is 5.26 Å². The Bertz CT molecular complexity index is 1820. The highest BCUT2D eigenvalue weighted by Crippen LogP contribution is 2.54. The molecule has 0 saturated heterocycles. The highest BCUT2D eigenvalue weighted by molar-refractivity contribution is 7.12. The lowest BCUT2D eigenvalue weighted by Crippen LogP contribution is -2.70. The molecule has 1 unspecified atom stereocenters. The molecule has 0 saturated carbocycles. The summed E-state index contributed by atoms with van der Waals surface area (Å²) in [6, 6.07) is 43.0. The number of nitrogens with zero attached hydrogens (tertiary/aromatic N) is 1. The lowest BCUT2D eigenvalue weighted by atomic mass is 9.61. The van der Waals surface area contributed by atoms with E-state index in [0.29, 0.717) is 11.5 Å². The van der Waals surface area contributed by atoms with Crippen LogP contribution in [-0.4, -0.2) is 31.1 Å². The first-order valence-electron chi connectivity index (χ1n) is 17.3. The van der Waals surface area contributed by atoms with Gasteiger partial charge in [0.2, 0.25) is 8.07 Å². The molecular formula is C44H51NO2Si2. The zero-order chi connectivity index (χ0) is 35.6. The van der Waals surface area contributed by atoms with E-state index < -0.39 is 22.3 Å². The third kappa shape index (κ3) is 5.85. The van der Waals surface area contributed by atoms with Crippen molar-refractivity contribution in [1.82, 2.24) is 0 Å². The van der Waals surface area contributed by atoms with Crippen LogP contribution in [-0.2, 0) is 10.8 Å². The summed E-state index contributed by atoms with van der Waals surface area (Å²) in [7, 11) is -1.44. The summed E-state index contributed by atoms with van der Waals surface area (Å²) in [5.74, 6) is 1.39. The average molecular weight is 682 g/mol. The number of hydrogen-bond acceptors (Lipinski definition) is 3. The zero-order valence-electron chi connectivity index (χ0n) is 30.9. The second-order valence-corrected chi connectivity index (χ2v) is 22.5. The molecule has 5 heteroatoms. The SMILES string of the molecule is COc1c(OC)c([Si](C#N)(c2ccccc2)C(C)(C)C)c([SiH](C)C)c(C(C)(C)C)c1C(c1ccccc1)(c1ccccc1)c1ccccc1. The fourth-order valence-electron chi connectivity index (χ4n) is 8.12. The second-order valence-electron chi connectivity index (χ2n) is 15.3. The van der Waals surface area contributed by atoms with Gasteiger partial charge in [0.15, 0.2) is 11.5 Å². The van der Waals surface area contributed by atoms with Gasteiger partial charge >= 0.3 is 0 Å². The first-order chi connectivity index (χ1) is 23.3. The molecule has 0 aliphatic rings. The Kier molecular flexibility index (Phi) is 10.2. The molecule has 49 heavy (non-hydrogen) atoms. The maximum Gasteiger partial charge on any atom is 0.243 e. The first-order valence-corrected chi connectivity index (χ1v) is 22.2. The molecule has 0 heterocycles. The molecular weight excluding hydrogens is 631 g/mol. The predicted molar refractivity (Wildman–Crippen MR) is 212 cm³/mol. The summed E-state index contributed by atoms with van der Waals surface area (Å²) < 4.78 is 13.4. The van der Waals surface area contributed by atoms with Gasteiger partial charge in [-0.3, -0.25) is 0 Å². The van der Waals surface area contributed by atoms with Crippen LogP contribution in [0.3, 0.4) is 0 Å². The van der Waals surface area contributed by atoms with Gasteiger partial charge in [-0.1, -0.05) is 181 Å². The molecule has 252 valence electrons.